The van der Waals surface area contributed by atoms with E-state index < -0.39 is 17.3 Å². The Morgan fingerprint density at radius 1 is 1.08 bits per heavy atom. The van der Waals surface area contributed by atoms with Crippen molar-refractivity contribution in [2.75, 3.05) is 29.9 Å². The van der Waals surface area contributed by atoms with Gasteiger partial charge >= 0.3 is 6.18 Å². The molecule has 2 aliphatic heterocycles. The van der Waals surface area contributed by atoms with Crippen LogP contribution in [0.25, 0.3) is 0 Å². The second kappa shape index (κ2) is 9.30. The first-order chi connectivity index (χ1) is 17.1. The van der Waals surface area contributed by atoms with Gasteiger partial charge in [0.1, 0.15) is 11.3 Å². The average molecular weight is 519 g/mol. The minimum absolute atomic E-state index is 0.0370. The number of alkyl halides is 3. The molecular formula is C26H29F3N4O2S. The van der Waals surface area contributed by atoms with Crippen LogP contribution in [0.3, 0.4) is 0 Å². The van der Waals surface area contributed by atoms with Gasteiger partial charge in [-0.1, -0.05) is 0 Å². The van der Waals surface area contributed by atoms with Crippen LogP contribution in [0.5, 0.6) is 5.75 Å². The third-order valence-electron chi connectivity index (χ3n) is 7.52. The second-order valence-corrected chi connectivity index (χ2v) is 10.3. The number of anilines is 2. The smallest absolute Gasteiger partial charge is 0.418 e. The molecule has 2 aromatic rings. The third kappa shape index (κ3) is 4.34. The van der Waals surface area contributed by atoms with Crippen LogP contribution in [0.15, 0.2) is 36.5 Å². The van der Waals surface area contributed by atoms with E-state index >= 15 is 0 Å². The molecule has 1 aromatic carbocycles. The van der Waals surface area contributed by atoms with E-state index in [9.17, 15) is 18.0 Å². The Balaban J connectivity index is 1.41. The number of aromatic nitrogens is 1. The van der Waals surface area contributed by atoms with Gasteiger partial charge in [-0.2, -0.15) is 13.2 Å². The Kier molecular flexibility index (Phi) is 6.45. The number of amides is 1. The van der Waals surface area contributed by atoms with Crippen LogP contribution in [0.1, 0.15) is 49.8 Å². The van der Waals surface area contributed by atoms with E-state index in [1.165, 1.54) is 18.0 Å². The van der Waals surface area contributed by atoms with Crippen molar-refractivity contribution in [2.45, 2.75) is 63.3 Å². The van der Waals surface area contributed by atoms with Crippen molar-refractivity contribution in [2.24, 2.45) is 0 Å². The molecule has 2 saturated heterocycles. The van der Waals surface area contributed by atoms with Gasteiger partial charge in [0.15, 0.2) is 5.11 Å². The number of carbonyl (C=O) groups is 1. The SMILES string of the molecule is Cc1ncc(N2C(=O)C3(CCC3)N(c3ccc(OC4CCCN(C)CC4)cc3)C2=S)cc1C(F)(F)F. The normalized spacial score (nSPS) is 22.6. The van der Waals surface area contributed by atoms with Crippen molar-refractivity contribution in [1.82, 2.24) is 9.88 Å². The number of carbonyl (C=O) groups excluding carboxylic acids is 1. The van der Waals surface area contributed by atoms with Gasteiger partial charge in [0.2, 0.25) is 0 Å². The Labute approximate surface area is 214 Å². The highest BCUT2D eigenvalue weighted by molar-refractivity contribution is 7.81. The second-order valence-electron chi connectivity index (χ2n) is 9.94. The number of benzene rings is 1. The van der Waals surface area contributed by atoms with Crippen molar-refractivity contribution in [3.63, 3.8) is 0 Å². The van der Waals surface area contributed by atoms with Gasteiger partial charge in [0, 0.05) is 17.9 Å². The molecule has 3 fully saturated rings. The number of pyridine rings is 1. The maximum absolute atomic E-state index is 13.6. The van der Waals surface area contributed by atoms with Gasteiger partial charge in [0.05, 0.1) is 23.6 Å². The molecule has 0 radical (unpaired) electrons. The summed E-state index contributed by atoms with van der Waals surface area (Å²) in [5, 5.41) is 0.166. The molecule has 10 heteroatoms. The fraction of sp³-hybridized carbons (Fsp3) is 0.500. The molecule has 0 N–H and O–H groups in total. The Morgan fingerprint density at radius 3 is 2.44 bits per heavy atom. The van der Waals surface area contributed by atoms with Crippen LogP contribution in [-0.4, -0.2) is 52.7 Å². The molecule has 3 heterocycles. The van der Waals surface area contributed by atoms with Gasteiger partial charge in [-0.05, 0) is 102 Å². The summed E-state index contributed by atoms with van der Waals surface area (Å²) in [6.07, 6.45) is 1.93. The van der Waals surface area contributed by atoms with Crippen LogP contribution in [0.4, 0.5) is 24.5 Å². The molecule has 3 aliphatic rings. The maximum atomic E-state index is 13.6. The molecular weight excluding hydrogens is 489 g/mol. The van der Waals surface area contributed by atoms with E-state index in [1.807, 2.05) is 24.3 Å². The van der Waals surface area contributed by atoms with Crippen LogP contribution < -0.4 is 14.5 Å². The van der Waals surface area contributed by atoms with Gasteiger partial charge in [-0.3, -0.25) is 14.7 Å². The molecule has 1 spiro atoms. The van der Waals surface area contributed by atoms with E-state index in [0.717, 1.165) is 56.3 Å². The predicted octanol–water partition coefficient (Wildman–Crippen LogP) is 5.33. The van der Waals surface area contributed by atoms with Gasteiger partial charge < -0.3 is 14.5 Å². The molecule has 36 heavy (non-hydrogen) atoms. The van der Waals surface area contributed by atoms with Crippen LogP contribution >= 0.6 is 12.2 Å². The summed E-state index contributed by atoms with van der Waals surface area (Å²) in [6, 6.07) is 8.46. The molecule has 1 amide bonds. The fourth-order valence-corrected chi connectivity index (χ4v) is 5.80. The summed E-state index contributed by atoms with van der Waals surface area (Å²) in [4.78, 5) is 22.8. The highest BCUT2D eigenvalue weighted by Gasteiger charge is 2.59. The minimum Gasteiger partial charge on any atom is -0.490 e. The Morgan fingerprint density at radius 2 is 1.81 bits per heavy atom. The van der Waals surface area contributed by atoms with Crippen LogP contribution in [-0.2, 0) is 11.0 Å². The highest BCUT2D eigenvalue weighted by Crippen LogP contribution is 2.48. The summed E-state index contributed by atoms with van der Waals surface area (Å²) in [6.45, 7) is 3.36. The Hall–Kier alpha value is -2.72. The van der Waals surface area contributed by atoms with E-state index in [-0.39, 0.29) is 28.5 Å². The van der Waals surface area contributed by atoms with Gasteiger partial charge in [0.25, 0.3) is 5.91 Å². The summed E-state index contributed by atoms with van der Waals surface area (Å²) < 4.78 is 46.8. The van der Waals surface area contributed by atoms with E-state index in [4.69, 9.17) is 17.0 Å². The van der Waals surface area contributed by atoms with Gasteiger partial charge in [-0.15, -0.1) is 0 Å². The zero-order valence-electron chi connectivity index (χ0n) is 20.3. The number of hydrogen-bond acceptors (Lipinski definition) is 5. The van der Waals surface area contributed by atoms with E-state index in [2.05, 4.69) is 16.9 Å². The molecule has 1 unspecified atom stereocenters. The standard InChI is InChI=1S/C26H29F3N4O2S/c1-17-22(26(27,28)29)15-19(16-30-17)32-23(34)25(11-4-12-25)33(24(32)36)18-6-8-21(9-7-18)35-20-5-3-13-31(2)14-10-20/h6-9,15-16,20H,3-5,10-14H2,1-2H3. The van der Waals surface area contributed by atoms with Crippen molar-refractivity contribution >= 4 is 34.6 Å². The Bertz CT molecular complexity index is 1170. The number of aryl methyl sites for hydroxylation is 1. The lowest BCUT2D eigenvalue weighted by molar-refractivity contribution is -0.138. The number of ether oxygens (including phenoxy) is 1. The maximum Gasteiger partial charge on any atom is 0.418 e. The van der Waals surface area contributed by atoms with Gasteiger partial charge in [-0.25, -0.2) is 0 Å². The number of rotatable bonds is 4. The summed E-state index contributed by atoms with van der Waals surface area (Å²) in [5.74, 6) is 0.447. The summed E-state index contributed by atoms with van der Waals surface area (Å²) in [5.41, 5.74) is -1.14. The monoisotopic (exact) mass is 518 g/mol. The number of thiocarbonyl (C=S) groups is 1. The quantitative estimate of drug-likeness (QED) is 0.510. The first-order valence-electron chi connectivity index (χ1n) is 12.3. The summed E-state index contributed by atoms with van der Waals surface area (Å²) >= 11 is 5.70. The predicted molar refractivity (Wildman–Crippen MR) is 135 cm³/mol. The first-order valence-corrected chi connectivity index (χ1v) is 12.7. The molecule has 1 aromatic heterocycles. The minimum atomic E-state index is -4.58. The topological polar surface area (TPSA) is 48.9 Å². The van der Waals surface area contributed by atoms with Crippen molar-refractivity contribution in [3.8, 4) is 5.75 Å². The average Bonchev–Trinajstić information content (AvgIpc) is 2.90. The van der Waals surface area contributed by atoms with E-state index in [0.29, 0.717) is 12.8 Å². The molecule has 1 aliphatic carbocycles. The van der Waals surface area contributed by atoms with Crippen LogP contribution in [0.2, 0.25) is 0 Å². The number of nitrogens with zero attached hydrogens (tertiary/aromatic N) is 4. The summed E-state index contributed by atoms with van der Waals surface area (Å²) in [7, 11) is 2.12. The zero-order valence-corrected chi connectivity index (χ0v) is 21.2. The molecule has 0 bridgehead atoms. The third-order valence-corrected chi connectivity index (χ3v) is 7.89. The fourth-order valence-electron chi connectivity index (χ4n) is 5.33. The van der Waals surface area contributed by atoms with Crippen molar-refractivity contribution < 1.29 is 22.7 Å². The molecule has 192 valence electrons. The largest absolute Gasteiger partial charge is 0.490 e. The van der Waals surface area contributed by atoms with Crippen LogP contribution in [0, 0.1) is 6.92 Å². The number of hydrogen-bond donors (Lipinski definition) is 0. The lowest BCUT2D eigenvalue weighted by Gasteiger charge is -2.43. The molecule has 5 rings (SSSR count). The van der Waals surface area contributed by atoms with Crippen molar-refractivity contribution in [1.29, 1.82) is 0 Å². The lowest BCUT2D eigenvalue weighted by Crippen LogP contribution is -2.55. The number of halogens is 3. The van der Waals surface area contributed by atoms with E-state index in [1.54, 1.807) is 4.90 Å². The molecule has 6 nitrogen and oxygen atoms in total. The number of likely N-dealkylation sites (tertiary alicyclic amines) is 1. The molecule has 1 saturated carbocycles. The molecule has 1 atom stereocenters. The van der Waals surface area contributed by atoms with Crippen molar-refractivity contribution in [3.05, 3.63) is 47.8 Å². The zero-order chi connectivity index (χ0) is 25.7. The first kappa shape index (κ1) is 25.0. The highest BCUT2D eigenvalue weighted by atomic mass is 32.1. The lowest BCUT2D eigenvalue weighted by atomic mass is 9.75.